The van der Waals surface area contributed by atoms with Gasteiger partial charge in [0.25, 0.3) is 5.91 Å². The predicted molar refractivity (Wildman–Crippen MR) is 87.5 cm³/mol. The van der Waals surface area contributed by atoms with Gasteiger partial charge in [0.15, 0.2) is 0 Å². The molecule has 0 spiro atoms. The summed E-state index contributed by atoms with van der Waals surface area (Å²) in [7, 11) is 0. The highest BCUT2D eigenvalue weighted by atomic mass is 19.4. The van der Waals surface area contributed by atoms with E-state index in [-0.39, 0.29) is 36.8 Å². The lowest BCUT2D eigenvalue weighted by molar-refractivity contribution is -0.137. The van der Waals surface area contributed by atoms with Crippen molar-refractivity contribution >= 4 is 11.9 Å². The van der Waals surface area contributed by atoms with Crippen molar-refractivity contribution in [1.29, 1.82) is 0 Å². The molecule has 1 heterocycles. The molecule has 1 aromatic carbocycles. The predicted octanol–water partition coefficient (Wildman–Crippen LogP) is 3.58. The lowest BCUT2D eigenvalue weighted by Gasteiger charge is -2.20. The number of imide groups is 1. The maximum absolute atomic E-state index is 12.6. The fourth-order valence-corrected chi connectivity index (χ4v) is 3.18. The van der Waals surface area contributed by atoms with Crippen LogP contribution in [-0.2, 0) is 11.0 Å². The zero-order valence-corrected chi connectivity index (χ0v) is 14.4. The van der Waals surface area contributed by atoms with Crippen molar-refractivity contribution in [3.63, 3.8) is 0 Å². The van der Waals surface area contributed by atoms with Crippen molar-refractivity contribution in [2.75, 3.05) is 13.2 Å². The molecule has 3 amide bonds. The first-order valence-electron chi connectivity index (χ1n) is 8.66. The van der Waals surface area contributed by atoms with Gasteiger partial charge in [-0.05, 0) is 56.7 Å². The lowest BCUT2D eigenvalue weighted by atomic mass is 9.96. The number of hydrogen-bond acceptors (Lipinski definition) is 3. The summed E-state index contributed by atoms with van der Waals surface area (Å²) in [5.74, 6) is 0.174. The molecule has 142 valence electrons. The van der Waals surface area contributed by atoms with Gasteiger partial charge in [0.05, 0.1) is 12.2 Å². The number of benzene rings is 1. The van der Waals surface area contributed by atoms with Gasteiger partial charge in [-0.25, -0.2) is 4.79 Å². The third kappa shape index (κ3) is 3.78. The van der Waals surface area contributed by atoms with Crippen LogP contribution in [-0.4, -0.2) is 35.5 Å². The molecule has 1 aromatic rings. The van der Waals surface area contributed by atoms with Crippen LogP contribution < -0.4 is 10.1 Å². The van der Waals surface area contributed by atoms with Crippen LogP contribution in [0, 0.1) is 5.92 Å². The van der Waals surface area contributed by atoms with Crippen molar-refractivity contribution in [2.45, 2.75) is 44.3 Å². The molecule has 3 rings (SSSR count). The van der Waals surface area contributed by atoms with E-state index in [9.17, 15) is 22.8 Å². The molecule has 2 fully saturated rings. The third-order valence-electron chi connectivity index (χ3n) is 4.90. The largest absolute Gasteiger partial charge is 0.494 e. The van der Waals surface area contributed by atoms with E-state index in [2.05, 4.69) is 5.32 Å². The fourth-order valence-electron chi connectivity index (χ4n) is 3.18. The van der Waals surface area contributed by atoms with Crippen molar-refractivity contribution < 1.29 is 27.5 Å². The Hall–Kier alpha value is -2.25. The number of halogens is 3. The second-order valence-corrected chi connectivity index (χ2v) is 6.94. The maximum atomic E-state index is 12.6. The van der Waals surface area contributed by atoms with Crippen LogP contribution in [0.2, 0.25) is 0 Å². The number of nitrogens with zero attached hydrogens (tertiary/aromatic N) is 1. The van der Waals surface area contributed by atoms with Gasteiger partial charge in [0.2, 0.25) is 0 Å². The highest BCUT2D eigenvalue weighted by molar-refractivity contribution is 6.07. The lowest BCUT2D eigenvalue weighted by Crippen LogP contribution is -2.46. The molecule has 1 aliphatic carbocycles. The number of ether oxygens (including phenoxy) is 1. The molecule has 0 bridgehead atoms. The van der Waals surface area contributed by atoms with Crippen molar-refractivity contribution in [2.24, 2.45) is 5.92 Å². The summed E-state index contributed by atoms with van der Waals surface area (Å²) in [6, 6.07) is 4.33. The SMILES string of the molecule is CC1(C2CC2)NC(=O)N(CCCCOc2cccc(C(F)(F)F)c2)C1=O. The molecule has 1 N–H and O–H groups in total. The quantitative estimate of drug-likeness (QED) is 0.590. The average molecular weight is 370 g/mol. The Morgan fingerprint density at radius 2 is 2.00 bits per heavy atom. The minimum Gasteiger partial charge on any atom is -0.494 e. The molecule has 5 nitrogen and oxygen atoms in total. The van der Waals surface area contributed by atoms with E-state index in [4.69, 9.17) is 4.74 Å². The van der Waals surface area contributed by atoms with Gasteiger partial charge in [-0.3, -0.25) is 9.69 Å². The summed E-state index contributed by atoms with van der Waals surface area (Å²) in [6.45, 7) is 2.26. The number of unbranched alkanes of at least 4 members (excludes halogenated alkanes) is 1. The third-order valence-corrected chi connectivity index (χ3v) is 4.90. The van der Waals surface area contributed by atoms with Gasteiger partial charge in [-0.15, -0.1) is 0 Å². The molecular formula is C18H21F3N2O3. The highest BCUT2D eigenvalue weighted by Gasteiger charge is 2.55. The van der Waals surface area contributed by atoms with E-state index in [1.54, 1.807) is 6.92 Å². The summed E-state index contributed by atoms with van der Waals surface area (Å²) in [5.41, 5.74) is -1.54. The molecular weight excluding hydrogens is 349 g/mol. The minimum atomic E-state index is -4.41. The number of rotatable bonds is 7. The highest BCUT2D eigenvalue weighted by Crippen LogP contribution is 2.42. The van der Waals surface area contributed by atoms with E-state index >= 15 is 0 Å². The topological polar surface area (TPSA) is 58.6 Å². The number of carbonyl (C=O) groups excluding carboxylic acids is 2. The second kappa shape index (κ2) is 6.81. The molecule has 2 aliphatic rings. The second-order valence-electron chi connectivity index (χ2n) is 6.94. The first-order chi connectivity index (χ1) is 12.2. The van der Waals surface area contributed by atoms with Gasteiger partial charge in [-0.1, -0.05) is 6.07 Å². The monoisotopic (exact) mass is 370 g/mol. The molecule has 1 saturated heterocycles. The van der Waals surface area contributed by atoms with Gasteiger partial charge in [0.1, 0.15) is 11.3 Å². The van der Waals surface area contributed by atoms with Gasteiger partial charge < -0.3 is 10.1 Å². The number of urea groups is 1. The van der Waals surface area contributed by atoms with Crippen LogP contribution in [0.15, 0.2) is 24.3 Å². The number of amides is 3. The standard InChI is InChI=1S/C18H21F3N2O3/c1-17(12-7-8-12)15(24)23(16(25)22-17)9-2-3-10-26-14-6-4-5-13(11-14)18(19,20)21/h4-6,11-12H,2-3,7-10H2,1H3,(H,22,25). The van der Waals surface area contributed by atoms with Crippen LogP contribution >= 0.6 is 0 Å². The minimum absolute atomic E-state index is 0.149. The van der Waals surface area contributed by atoms with Crippen molar-refractivity contribution in [1.82, 2.24) is 10.2 Å². The van der Waals surface area contributed by atoms with Gasteiger partial charge >= 0.3 is 12.2 Å². The Morgan fingerprint density at radius 3 is 2.65 bits per heavy atom. The smallest absolute Gasteiger partial charge is 0.416 e. The Kier molecular flexibility index (Phi) is 4.86. The molecule has 0 aromatic heterocycles. The van der Waals surface area contributed by atoms with Gasteiger partial charge in [-0.2, -0.15) is 13.2 Å². The summed E-state index contributed by atoms with van der Waals surface area (Å²) in [4.78, 5) is 25.7. The van der Waals surface area contributed by atoms with E-state index < -0.39 is 17.3 Å². The molecule has 1 atom stereocenters. The number of alkyl halides is 3. The molecule has 8 heteroatoms. The first-order valence-corrected chi connectivity index (χ1v) is 8.66. The first kappa shape index (κ1) is 18.5. The summed E-state index contributed by atoms with van der Waals surface area (Å²) < 4.78 is 43.3. The number of carbonyl (C=O) groups is 2. The summed E-state index contributed by atoms with van der Waals surface area (Å²) in [6.07, 6.45) is -1.47. The van der Waals surface area contributed by atoms with Crippen LogP contribution in [0.1, 0.15) is 38.2 Å². The molecule has 0 radical (unpaired) electrons. The maximum Gasteiger partial charge on any atom is 0.416 e. The average Bonchev–Trinajstić information content (AvgIpc) is 3.39. The normalized spacial score (nSPS) is 23.3. The molecule has 1 saturated carbocycles. The summed E-state index contributed by atoms with van der Waals surface area (Å²) in [5, 5.41) is 2.78. The Balaban J connectivity index is 1.44. The van der Waals surface area contributed by atoms with Crippen LogP contribution in [0.5, 0.6) is 5.75 Å². The van der Waals surface area contributed by atoms with Crippen molar-refractivity contribution in [3.8, 4) is 5.75 Å². The van der Waals surface area contributed by atoms with E-state index in [1.165, 1.54) is 17.0 Å². The Labute approximate surface area is 149 Å². The fraction of sp³-hybridized carbons (Fsp3) is 0.556. The molecule has 1 unspecified atom stereocenters. The van der Waals surface area contributed by atoms with Crippen LogP contribution in [0.3, 0.4) is 0 Å². The Morgan fingerprint density at radius 1 is 1.27 bits per heavy atom. The van der Waals surface area contributed by atoms with E-state index in [1.807, 2.05) is 0 Å². The number of hydrogen-bond donors (Lipinski definition) is 1. The summed E-state index contributed by atoms with van der Waals surface area (Å²) >= 11 is 0. The van der Waals surface area contributed by atoms with Crippen LogP contribution in [0.25, 0.3) is 0 Å². The van der Waals surface area contributed by atoms with E-state index in [0.29, 0.717) is 12.8 Å². The number of nitrogens with one attached hydrogen (secondary N) is 1. The van der Waals surface area contributed by atoms with Crippen molar-refractivity contribution in [3.05, 3.63) is 29.8 Å². The molecule has 1 aliphatic heterocycles. The van der Waals surface area contributed by atoms with E-state index in [0.717, 1.165) is 25.0 Å². The van der Waals surface area contributed by atoms with Crippen LogP contribution in [0.4, 0.5) is 18.0 Å². The van der Waals surface area contributed by atoms with Gasteiger partial charge in [0, 0.05) is 6.54 Å². The zero-order valence-electron chi connectivity index (χ0n) is 14.4. The zero-order chi connectivity index (χ0) is 18.9. The Bertz CT molecular complexity index is 703. The molecule has 26 heavy (non-hydrogen) atoms.